The van der Waals surface area contributed by atoms with Gasteiger partial charge in [0.25, 0.3) is 0 Å². The summed E-state index contributed by atoms with van der Waals surface area (Å²) in [6.07, 6.45) is 0.865. The summed E-state index contributed by atoms with van der Waals surface area (Å²) >= 11 is 0. The number of ether oxygens (including phenoxy) is 1. The molecule has 0 unspecified atom stereocenters. The summed E-state index contributed by atoms with van der Waals surface area (Å²) in [5, 5.41) is 5.24. The normalized spacial score (nSPS) is 14.5. The van der Waals surface area contributed by atoms with E-state index in [9.17, 15) is 9.59 Å². The van der Waals surface area contributed by atoms with Crippen LogP contribution in [-0.2, 0) is 4.74 Å². The van der Waals surface area contributed by atoms with Gasteiger partial charge < -0.3 is 20.3 Å². The van der Waals surface area contributed by atoms with Gasteiger partial charge in [-0.1, -0.05) is 6.92 Å². The first-order valence-corrected chi connectivity index (χ1v) is 7.68. The highest BCUT2D eigenvalue weighted by Crippen LogP contribution is 2.16. The second-order valence-corrected chi connectivity index (χ2v) is 5.18. The molecular formula is C16H23N3O3. The largest absolute Gasteiger partial charge is 0.378 e. The van der Waals surface area contributed by atoms with Gasteiger partial charge in [0, 0.05) is 30.9 Å². The van der Waals surface area contributed by atoms with Crippen LogP contribution in [0.5, 0.6) is 0 Å². The number of rotatable bonds is 6. The number of nitrogens with zero attached hydrogens (tertiary/aromatic N) is 1. The lowest BCUT2D eigenvalue weighted by Gasteiger charge is -2.28. The fourth-order valence-corrected chi connectivity index (χ4v) is 2.24. The van der Waals surface area contributed by atoms with E-state index >= 15 is 0 Å². The van der Waals surface area contributed by atoms with Gasteiger partial charge in [-0.2, -0.15) is 0 Å². The van der Waals surface area contributed by atoms with Gasteiger partial charge in [0.2, 0.25) is 0 Å². The van der Waals surface area contributed by atoms with Crippen molar-refractivity contribution in [3.63, 3.8) is 0 Å². The van der Waals surface area contributed by atoms with Crippen molar-refractivity contribution in [3.05, 3.63) is 29.8 Å². The highest BCUT2D eigenvalue weighted by molar-refractivity contribution is 5.99. The number of urea groups is 1. The zero-order valence-electron chi connectivity index (χ0n) is 12.9. The number of Topliss-reactive ketones (excluding diaryl/α,β-unsaturated/α-hetero) is 1. The van der Waals surface area contributed by atoms with Crippen LogP contribution in [0.2, 0.25) is 0 Å². The highest BCUT2D eigenvalue weighted by Gasteiger charge is 2.12. The van der Waals surface area contributed by atoms with Crippen molar-refractivity contribution in [3.8, 4) is 0 Å². The monoisotopic (exact) mass is 305 g/mol. The van der Waals surface area contributed by atoms with E-state index < -0.39 is 0 Å². The molecule has 2 rings (SSSR count). The molecule has 0 aliphatic carbocycles. The van der Waals surface area contributed by atoms with Crippen LogP contribution >= 0.6 is 0 Å². The van der Waals surface area contributed by atoms with Crippen LogP contribution in [-0.4, -0.2) is 51.2 Å². The summed E-state index contributed by atoms with van der Waals surface area (Å²) in [6.45, 7) is 5.79. The third-order valence-electron chi connectivity index (χ3n) is 3.51. The molecule has 1 fully saturated rings. The lowest BCUT2D eigenvalue weighted by atomic mass is 10.1. The quantitative estimate of drug-likeness (QED) is 0.780. The lowest BCUT2D eigenvalue weighted by molar-refractivity contribution is 0.0992. The van der Waals surface area contributed by atoms with Gasteiger partial charge in [-0.3, -0.25) is 4.79 Å². The topological polar surface area (TPSA) is 70.7 Å². The molecule has 6 nitrogen and oxygen atoms in total. The summed E-state index contributed by atoms with van der Waals surface area (Å²) in [5.41, 5.74) is 1.70. The Kier molecular flexibility index (Phi) is 6.21. The van der Waals surface area contributed by atoms with Crippen molar-refractivity contribution in [1.29, 1.82) is 0 Å². The van der Waals surface area contributed by atoms with E-state index in [0.29, 0.717) is 12.1 Å². The maximum absolute atomic E-state index is 12.0. The molecule has 1 aromatic rings. The van der Waals surface area contributed by atoms with Gasteiger partial charge in [-0.05, 0) is 30.7 Å². The Morgan fingerprint density at radius 3 is 2.45 bits per heavy atom. The second kappa shape index (κ2) is 8.38. The van der Waals surface area contributed by atoms with Crippen molar-refractivity contribution in [1.82, 2.24) is 10.6 Å². The van der Waals surface area contributed by atoms with Crippen LogP contribution in [0.4, 0.5) is 10.5 Å². The fourth-order valence-electron chi connectivity index (χ4n) is 2.24. The second-order valence-electron chi connectivity index (χ2n) is 5.18. The smallest absolute Gasteiger partial charge is 0.315 e. The number of carbonyl (C=O) groups is 2. The number of ketones is 1. The maximum Gasteiger partial charge on any atom is 0.315 e. The van der Waals surface area contributed by atoms with Gasteiger partial charge in [0.15, 0.2) is 5.78 Å². The summed E-state index contributed by atoms with van der Waals surface area (Å²) in [4.78, 5) is 25.7. The Morgan fingerprint density at radius 1 is 1.14 bits per heavy atom. The first-order chi connectivity index (χ1) is 10.7. The molecule has 2 amide bonds. The molecule has 120 valence electrons. The molecule has 6 heteroatoms. The predicted molar refractivity (Wildman–Crippen MR) is 85.5 cm³/mol. The van der Waals surface area contributed by atoms with Crippen LogP contribution in [0.25, 0.3) is 0 Å². The molecule has 22 heavy (non-hydrogen) atoms. The Bertz CT molecular complexity index is 496. The van der Waals surface area contributed by atoms with E-state index in [1.165, 1.54) is 0 Å². The average molecular weight is 305 g/mol. The number of hydrogen-bond donors (Lipinski definition) is 2. The van der Waals surface area contributed by atoms with Crippen LogP contribution in [0, 0.1) is 0 Å². The van der Waals surface area contributed by atoms with Gasteiger partial charge in [-0.25, -0.2) is 4.79 Å². The lowest BCUT2D eigenvalue weighted by Crippen LogP contribution is -2.38. The van der Waals surface area contributed by atoms with Gasteiger partial charge >= 0.3 is 6.03 Å². The number of morpholine rings is 1. The molecule has 0 saturated carbocycles. The molecule has 0 atom stereocenters. The molecule has 0 radical (unpaired) electrons. The molecule has 1 aromatic carbocycles. The zero-order valence-corrected chi connectivity index (χ0v) is 12.9. The Morgan fingerprint density at radius 2 is 1.82 bits per heavy atom. The molecule has 0 bridgehead atoms. The summed E-state index contributed by atoms with van der Waals surface area (Å²) in [5.74, 6) is -0.0971. The van der Waals surface area contributed by atoms with Crippen molar-refractivity contribution >= 4 is 17.5 Å². The minimum atomic E-state index is -0.305. The number of amides is 2. The minimum Gasteiger partial charge on any atom is -0.378 e. The molecule has 0 aromatic heterocycles. The summed E-state index contributed by atoms with van der Waals surface area (Å²) < 4.78 is 5.32. The van der Waals surface area contributed by atoms with Crippen molar-refractivity contribution < 1.29 is 14.3 Å². The van der Waals surface area contributed by atoms with Crippen molar-refractivity contribution in [2.45, 2.75) is 13.3 Å². The first kappa shape index (κ1) is 16.3. The van der Waals surface area contributed by atoms with Gasteiger partial charge in [0.1, 0.15) is 0 Å². The van der Waals surface area contributed by atoms with E-state index in [2.05, 4.69) is 15.5 Å². The van der Waals surface area contributed by atoms with E-state index in [-0.39, 0.29) is 18.4 Å². The molecule has 1 heterocycles. The number of nitrogens with one attached hydrogen (secondary N) is 2. The minimum absolute atomic E-state index is 0.00640. The van der Waals surface area contributed by atoms with E-state index in [1.54, 1.807) is 12.1 Å². The van der Waals surface area contributed by atoms with Crippen LogP contribution in [0.1, 0.15) is 23.7 Å². The third-order valence-corrected chi connectivity index (χ3v) is 3.51. The van der Waals surface area contributed by atoms with Crippen molar-refractivity contribution in [2.75, 3.05) is 44.3 Å². The zero-order chi connectivity index (χ0) is 15.8. The highest BCUT2D eigenvalue weighted by atomic mass is 16.5. The maximum atomic E-state index is 12.0. The van der Waals surface area contributed by atoms with Crippen LogP contribution in [0.15, 0.2) is 24.3 Å². The van der Waals surface area contributed by atoms with E-state index in [1.807, 2.05) is 19.1 Å². The average Bonchev–Trinajstić information content (AvgIpc) is 2.58. The molecule has 1 aliphatic rings. The first-order valence-electron chi connectivity index (χ1n) is 7.68. The van der Waals surface area contributed by atoms with Crippen LogP contribution < -0.4 is 15.5 Å². The molecule has 1 aliphatic heterocycles. The SMILES string of the molecule is CCCNC(=O)NCC(=O)c1ccc(N2CCOCC2)cc1. The number of hydrogen-bond acceptors (Lipinski definition) is 4. The van der Waals surface area contributed by atoms with Crippen LogP contribution in [0.3, 0.4) is 0 Å². The number of benzene rings is 1. The molecular weight excluding hydrogens is 282 g/mol. The van der Waals surface area contributed by atoms with Gasteiger partial charge in [-0.15, -0.1) is 0 Å². The fraction of sp³-hybridized carbons (Fsp3) is 0.500. The number of carbonyl (C=O) groups excluding carboxylic acids is 2. The Labute approximate surface area is 130 Å². The molecule has 2 N–H and O–H groups in total. The van der Waals surface area contributed by atoms with E-state index in [4.69, 9.17) is 4.74 Å². The Hall–Kier alpha value is -2.08. The molecule has 1 saturated heterocycles. The molecule has 0 spiro atoms. The van der Waals surface area contributed by atoms with E-state index in [0.717, 1.165) is 38.4 Å². The van der Waals surface area contributed by atoms with Gasteiger partial charge in [0.05, 0.1) is 19.8 Å². The third kappa shape index (κ3) is 4.73. The standard InChI is InChI=1S/C16H23N3O3/c1-2-7-17-16(21)18-12-15(20)13-3-5-14(6-4-13)19-8-10-22-11-9-19/h3-6H,2,7-12H2,1H3,(H2,17,18,21). The summed E-state index contributed by atoms with van der Waals surface area (Å²) in [7, 11) is 0. The predicted octanol–water partition coefficient (Wildman–Crippen LogP) is 1.42. The Balaban J connectivity index is 1.84. The number of anilines is 1. The summed E-state index contributed by atoms with van der Waals surface area (Å²) in [6, 6.07) is 7.18. The van der Waals surface area contributed by atoms with Crippen molar-refractivity contribution in [2.24, 2.45) is 0 Å².